The first-order valence-corrected chi connectivity index (χ1v) is 6.04. The zero-order chi connectivity index (χ0) is 11.5. The van der Waals surface area contributed by atoms with Gasteiger partial charge in [0.25, 0.3) is 0 Å². The maximum absolute atomic E-state index is 5.35. The van der Waals surface area contributed by atoms with Crippen LogP contribution in [0.3, 0.4) is 0 Å². The van der Waals surface area contributed by atoms with Gasteiger partial charge in [-0.1, -0.05) is 0 Å². The lowest BCUT2D eigenvalue weighted by Gasteiger charge is -2.09. The molecular formula is C12H16N4O. The van der Waals surface area contributed by atoms with Gasteiger partial charge < -0.3 is 10.1 Å². The average molecular weight is 232 g/mol. The van der Waals surface area contributed by atoms with Crippen LogP contribution in [0, 0.1) is 5.92 Å². The summed E-state index contributed by atoms with van der Waals surface area (Å²) in [6.45, 7) is 2.78. The highest BCUT2D eigenvalue weighted by Crippen LogP contribution is 2.16. The van der Waals surface area contributed by atoms with Gasteiger partial charge in [-0.2, -0.15) is 5.10 Å². The van der Waals surface area contributed by atoms with Crippen molar-refractivity contribution in [1.29, 1.82) is 0 Å². The fourth-order valence-electron chi connectivity index (χ4n) is 2.13. The van der Waals surface area contributed by atoms with E-state index >= 15 is 0 Å². The van der Waals surface area contributed by atoms with Gasteiger partial charge in [-0.25, -0.2) is 9.50 Å². The zero-order valence-electron chi connectivity index (χ0n) is 9.67. The first kappa shape index (κ1) is 10.5. The van der Waals surface area contributed by atoms with Crippen molar-refractivity contribution >= 4 is 11.5 Å². The molecule has 0 saturated carbocycles. The van der Waals surface area contributed by atoms with Crippen LogP contribution in [0.2, 0.25) is 0 Å². The van der Waals surface area contributed by atoms with E-state index in [0.717, 1.165) is 37.6 Å². The van der Waals surface area contributed by atoms with Gasteiger partial charge in [-0.05, 0) is 24.8 Å². The Hall–Kier alpha value is -1.62. The van der Waals surface area contributed by atoms with Crippen LogP contribution in [0.1, 0.15) is 12.8 Å². The summed E-state index contributed by atoms with van der Waals surface area (Å²) in [4.78, 5) is 4.46. The highest BCUT2D eigenvalue weighted by Gasteiger charge is 2.14. The molecule has 3 rings (SSSR count). The summed E-state index contributed by atoms with van der Waals surface area (Å²) in [5.41, 5.74) is 0.874. The molecule has 1 unspecified atom stereocenters. The standard InChI is InChI=1S/C12H16N4O/c1(10-4-8-17-9-10)5-13-11-3-7-16-12(15-11)2-6-14-16/h2-3,6-7,10H,1,4-5,8-9H2,(H,13,15). The van der Waals surface area contributed by atoms with Crippen molar-refractivity contribution in [3.8, 4) is 0 Å². The molecule has 0 aliphatic carbocycles. The summed E-state index contributed by atoms with van der Waals surface area (Å²) in [6, 6.07) is 3.85. The van der Waals surface area contributed by atoms with Gasteiger partial charge in [0.2, 0.25) is 0 Å². The molecule has 5 nitrogen and oxygen atoms in total. The number of rotatable bonds is 4. The fourth-order valence-corrected chi connectivity index (χ4v) is 2.13. The number of nitrogens with zero attached hydrogens (tertiary/aromatic N) is 3. The fraction of sp³-hybridized carbons (Fsp3) is 0.500. The summed E-state index contributed by atoms with van der Waals surface area (Å²) >= 11 is 0. The van der Waals surface area contributed by atoms with Crippen LogP contribution in [0.15, 0.2) is 24.5 Å². The molecule has 1 atom stereocenters. The third-order valence-corrected chi connectivity index (χ3v) is 3.14. The van der Waals surface area contributed by atoms with Crippen LogP contribution in [0.5, 0.6) is 0 Å². The van der Waals surface area contributed by atoms with E-state index < -0.39 is 0 Å². The second kappa shape index (κ2) is 4.71. The molecule has 3 heterocycles. The minimum absolute atomic E-state index is 0.709. The Balaban J connectivity index is 1.56. The van der Waals surface area contributed by atoms with Gasteiger partial charge in [0.1, 0.15) is 5.82 Å². The summed E-state index contributed by atoms with van der Waals surface area (Å²) in [5, 5.41) is 7.46. The highest BCUT2D eigenvalue weighted by atomic mass is 16.5. The summed E-state index contributed by atoms with van der Waals surface area (Å²) in [5.74, 6) is 1.62. The molecule has 2 aromatic rings. The van der Waals surface area contributed by atoms with Crippen LogP contribution in [-0.4, -0.2) is 34.4 Å². The molecule has 0 aromatic carbocycles. The Morgan fingerprint density at radius 2 is 2.47 bits per heavy atom. The average Bonchev–Trinajstić information content (AvgIpc) is 2.98. The van der Waals surface area contributed by atoms with Crippen molar-refractivity contribution in [1.82, 2.24) is 14.6 Å². The van der Waals surface area contributed by atoms with Gasteiger partial charge >= 0.3 is 0 Å². The maximum atomic E-state index is 5.35. The Kier molecular flexibility index (Phi) is 2.92. The molecule has 1 saturated heterocycles. The van der Waals surface area contributed by atoms with Crippen molar-refractivity contribution < 1.29 is 4.74 Å². The van der Waals surface area contributed by atoms with Crippen molar-refractivity contribution in [3.63, 3.8) is 0 Å². The maximum Gasteiger partial charge on any atom is 0.157 e. The molecule has 0 bridgehead atoms. The largest absolute Gasteiger partial charge is 0.381 e. The van der Waals surface area contributed by atoms with E-state index in [1.54, 1.807) is 10.7 Å². The molecule has 0 radical (unpaired) electrons. The topological polar surface area (TPSA) is 51.5 Å². The number of nitrogens with one attached hydrogen (secondary N) is 1. The van der Waals surface area contributed by atoms with Gasteiger partial charge in [0.05, 0.1) is 6.20 Å². The lowest BCUT2D eigenvalue weighted by atomic mass is 10.1. The summed E-state index contributed by atoms with van der Waals surface area (Å²) < 4.78 is 7.11. The normalized spacial score (nSPS) is 19.9. The predicted molar refractivity (Wildman–Crippen MR) is 65.0 cm³/mol. The predicted octanol–water partition coefficient (Wildman–Crippen LogP) is 1.57. The van der Waals surface area contributed by atoms with E-state index in [2.05, 4.69) is 15.4 Å². The second-order valence-electron chi connectivity index (χ2n) is 4.39. The van der Waals surface area contributed by atoms with Crippen molar-refractivity contribution in [2.24, 2.45) is 5.92 Å². The van der Waals surface area contributed by atoms with Gasteiger partial charge in [0.15, 0.2) is 5.65 Å². The molecule has 1 N–H and O–H groups in total. The Labute approximate surface area is 99.8 Å². The van der Waals surface area contributed by atoms with E-state index in [-0.39, 0.29) is 0 Å². The van der Waals surface area contributed by atoms with Crippen LogP contribution >= 0.6 is 0 Å². The minimum Gasteiger partial charge on any atom is -0.381 e. The van der Waals surface area contributed by atoms with E-state index in [9.17, 15) is 0 Å². The van der Waals surface area contributed by atoms with Crippen LogP contribution < -0.4 is 5.32 Å². The van der Waals surface area contributed by atoms with Gasteiger partial charge in [-0.15, -0.1) is 0 Å². The zero-order valence-corrected chi connectivity index (χ0v) is 9.67. The third-order valence-electron chi connectivity index (χ3n) is 3.14. The first-order valence-electron chi connectivity index (χ1n) is 6.04. The summed E-state index contributed by atoms with van der Waals surface area (Å²) in [7, 11) is 0. The monoisotopic (exact) mass is 232 g/mol. The molecule has 0 spiro atoms. The van der Waals surface area contributed by atoms with E-state index in [1.807, 2.05) is 18.3 Å². The molecule has 1 aliphatic heterocycles. The molecule has 0 amide bonds. The van der Waals surface area contributed by atoms with Gasteiger partial charge in [-0.3, -0.25) is 0 Å². The molecule has 1 aliphatic rings. The SMILES string of the molecule is c1cc2nc(NCCC3CCOC3)ccn2n1. The lowest BCUT2D eigenvalue weighted by Crippen LogP contribution is -2.10. The Morgan fingerprint density at radius 3 is 3.35 bits per heavy atom. The quantitative estimate of drug-likeness (QED) is 0.869. The lowest BCUT2D eigenvalue weighted by molar-refractivity contribution is 0.185. The molecule has 2 aromatic heterocycles. The molecule has 1 fully saturated rings. The number of hydrogen-bond acceptors (Lipinski definition) is 4. The number of hydrogen-bond donors (Lipinski definition) is 1. The van der Waals surface area contributed by atoms with Gasteiger partial charge in [0, 0.05) is 32.0 Å². The first-order chi connectivity index (χ1) is 8.42. The van der Waals surface area contributed by atoms with Crippen molar-refractivity contribution in [2.75, 3.05) is 25.1 Å². The van der Waals surface area contributed by atoms with E-state index in [0.29, 0.717) is 5.92 Å². The van der Waals surface area contributed by atoms with Crippen LogP contribution in [0.4, 0.5) is 5.82 Å². The molecule has 17 heavy (non-hydrogen) atoms. The van der Waals surface area contributed by atoms with E-state index in [4.69, 9.17) is 4.74 Å². The number of anilines is 1. The smallest absolute Gasteiger partial charge is 0.157 e. The molecular weight excluding hydrogens is 216 g/mol. The minimum atomic E-state index is 0.709. The number of aromatic nitrogens is 3. The Morgan fingerprint density at radius 1 is 1.47 bits per heavy atom. The molecule has 5 heteroatoms. The second-order valence-corrected chi connectivity index (χ2v) is 4.39. The van der Waals surface area contributed by atoms with Crippen LogP contribution in [-0.2, 0) is 4.74 Å². The van der Waals surface area contributed by atoms with Crippen LogP contribution in [0.25, 0.3) is 5.65 Å². The Bertz CT molecular complexity index is 490. The number of ether oxygens (including phenoxy) is 1. The van der Waals surface area contributed by atoms with Crippen molar-refractivity contribution in [3.05, 3.63) is 24.5 Å². The molecule has 90 valence electrons. The number of fused-ring (bicyclic) bond motifs is 1. The summed E-state index contributed by atoms with van der Waals surface area (Å²) in [6.07, 6.45) is 6.01. The highest BCUT2D eigenvalue weighted by molar-refractivity contribution is 5.45. The van der Waals surface area contributed by atoms with Crippen molar-refractivity contribution in [2.45, 2.75) is 12.8 Å². The third kappa shape index (κ3) is 2.39. The van der Waals surface area contributed by atoms with E-state index in [1.165, 1.54) is 6.42 Å².